The van der Waals surface area contributed by atoms with Crippen molar-refractivity contribution in [1.29, 1.82) is 0 Å². The number of anilines is 1. The van der Waals surface area contributed by atoms with Crippen molar-refractivity contribution in [2.75, 3.05) is 24.6 Å². The number of halogens is 2. The molecule has 2 fully saturated rings. The van der Waals surface area contributed by atoms with Crippen molar-refractivity contribution in [3.05, 3.63) is 16.4 Å². The van der Waals surface area contributed by atoms with Crippen LogP contribution in [0.4, 0.5) is 5.95 Å². The maximum atomic E-state index is 5.86. The lowest BCUT2D eigenvalue weighted by Gasteiger charge is -2.30. The summed E-state index contributed by atoms with van der Waals surface area (Å²) in [7, 11) is 0. The highest BCUT2D eigenvalue weighted by Crippen LogP contribution is 2.29. The average molecular weight is 260 g/mol. The Morgan fingerprint density at radius 1 is 1.25 bits per heavy atom. The minimum atomic E-state index is 0.306. The standard InChI is InChI=1S/C10H11Cl2N3O/c11-8-2-9(12)14-10(13-8)15-3-6-1-7(4-15)16-5-6/h2,6-7H,1,3-5H2. The molecule has 1 aromatic rings. The van der Waals surface area contributed by atoms with Crippen LogP contribution < -0.4 is 4.90 Å². The monoisotopic (exact) mass is 259 g/mol. The average Bonchev–Trinajstić information content (AvgIpc) is 2.56. The third-order valence-corrected chi connectivity index (χ3v) is 3.39. The summed E-state index contributed by atoms with van der Waals surface area (Å²) >= 11 is 11.7. The molecule has 0 aromatic carbocycles. The number of hydrogen-bond donors (Lipinski definition) is 0. The molecule has 3 heterocycles. The second kappa shape index (κ2) is 4.02. The third kappa shape index (κ3) is 1.97. The molecule has 2 bridgehead atoms. The number of hydrogen-bond acceptors (Lipinski definition) is 4. The maximum Gasteiger partial charge on any atom is 0.228 e. The van der Waals surface area contributed by atoms with Gasteiger partial charge in [-0.25, -0.2) is 9.97 Å². The molecule has 2 atom stereocenters. The van der Waals surface area contributed by atoms with Crippen LogP contribution >= 0.6 is 23.2 Å². The van der Waals surface area contributed by atoms with Gasteiger partial charge in [0.1, 0.15) is 10.3 Å². The highest BCUT2D eigenvalue weighted by molar-refractivity contribution is 6.33. The molecule has 2 aliphatic rings. The zero-order chi connectivity index (χ0) is 11.1. The van der Waals surface area contributed by atoms with E-state index in [0.29, 0.717) is 28.3 Å². The van der Waals surface area contributed by atoms with Crippen LogP contribution in [0.2, 0.25) is 10.3 Å². The minimum absolute atomic E-state index is 0.306. The molecule has 0 saturated carbocycles. The second-order valence-electron chi connectivity index (χ2n) is 4.28. The van der Waals surface area contributed by atoms with Gasteiger partial charge in [0.2, 0.25) is 5.95 Å². The van der Waals surface area contributed by atoms with E-state index in [1.54, 1.807) is 6.07 Å². The highest BCUT2D eigenvalue weighted by atomic mass is 35.5. The predicted octanol–water partition coefficient (Wildman–Crippen LogP) is 2.01. The molecule has 86 valence electrons. The summed E-state index contributed by atoms with van der Waals surface area (Å²) in [5.41, 5.74) is 0. The van der Waals surface area contributed by atoms with Crippen LogP contribution in [0.25, 0.3) is 0 Å². The Morgan fingerprint density at radius 3 is 2.69 bits per heavy atom. The van der Waals surface area contributed by atoms with Gasteiger partial charge in [0.05, 0.1) is 12.7 Å². The first-order valence-corrected chi connectivity index (χ1v) is 6.03. The van der Waals surface area contributed by atoms with Crippen LogP contribution in [0.3, 0.4) is 0 Å². The van der Waals surface area contributed by atoms with Gasteiger partial charge >= 0.3 is 0 Å². The molecule has 16 heavy (non-hydrogen) atoms. The van der Waals surface area contributed by atoms with E-state index in [1.165, 1.54) is 0 Å². The van der Waals surface area contributed by atoms with Crippen molar-refractivity contribution >= 4 is 29.2 Å². The topological polar surface area (TPSA) is 38.2 Å². The Kier molecular flexibility index (Phi) is 2.65. The molecule has 0 radical (unpaired) electrons. The zero-order valence-corrected chi connectivity index (χ0v) is 10.1. The van der Waals surface area contributed by atoms with Crippen LogP contribution in [-0.4, -0.2) is 35.8 Å². The molecule has 2 aliphatic heterocycles. The Bertz CT molecular complexity index is 383. The first kappa shape index (κ1) is 10.6. The number of piperidine rings is 1. The summed E-state index contributed by atoms with van der Waals surface area (Å²) in [6.45, 7) is 2.59. The van der Waals surface area contributed by atoms with Crippen LogP contribution in [-0.2, 0) is 4.74 Å². The predicted molar refractivity (Wildman–Crippen MR) is 62.1 cm³/mol. The summed E-state index contributed by atoms with van der Waals surface area (Å²) in [6.07, 6.45) is 1.45. The lowest BCUT2D eigenvalue weighted by molar-refractivity contribution is 0.119. The van der Waals surface area contributed by atoms with Gasteiger partial charge in [-0.05, 0) is 6.42 Å². The maximum absolute atomic E-state index is 5.86. The van der Waals surface area contributed by atoms with Gasteiger partial charge in [0.25, 0.3) is 0 Å². The Balaban J connectivity index is 1.86. The molecule has 0 spiro atoms. The summed E-state index contributed by atoms with van der Waals surface area (Å²) in [4.78, 5) is 10.5. The van der Waals surface area contributed by atoms with E-state index in [4.69, 9.17) is 27.9 Å². The van der Waals surface area contributed by atoms with Crippen LogP contribution in [0.1, 0.15) is 6.42 Å². The number of aromatic nitrogens is 2. The van der Waals surface area contributed by atoms with Gasteiger partial charge in [0.15, 0.2) is 0 Å². The fraction of sp³-hybridized carbons (Fsp3) is 0.600. The fourth-order valence-electron chi connectivity index (χ4n) is 2.35. The van der Waals surface area contributed by atoms with E-state index in [-0.39, 0.29) is 0 Å². The van der Waals surface area contributed by atoms with Crippen molar-refractivity contribution in [3.63, 3.8) is 0 Å². The van der Waals surface area contributed by atoms with Crippen molar-refractivity contribution in [1.82, 2.24) is 9.97 Å². The van der Waals surface area contributed by atoms with E-state index in [0.717, 1.165) is 26.1 Å². The molecule has 2 saturated heterocycles. The van der Waals surface area contributed by atoms with Gasteiger partial charge in [-0.2, -0.15) is 0 Å². The number of fused-ring (bicyclic) bond motifs is 2. The molecule has 3 rings (SSSR count). The van der Waals surface area contributed by atoms with Gasteiger partial charge in [-0.15, -0.1) is 0 Å². The largest absolute Gasteiger partial charge is 0.376 e. The lowest BCUT2D eigenvalue weighted by Crippen LogP contribution is -2.40. The number of ether oxygens (including phenoxy) is 1. The SMILES string of the molecule is Clc1cc(Cl)nc(N2CC3COC(C3)C2)n1. The van der Waals surface area contributed by atoms with Crippen molar-refractivity contribution < 1.29 is 4.74 Å². The van der Waals surface area contributed by atoms with Crippen molar-refractivity contribution in [2.24, 2.45) is 5.92 Å². The number of rotatable bonds is 1. The minimum Gasteiger partial charge on any atom is -0.376 e. The summed E-state index contributed by atoms with van der Waals surface area (Å²) in [6, 6.07) is 1.54. The first-order valence-electron chi connectivity index (χ1n) is 5.27. The third-order valence-electron chi connectivity index (χ3n) is 3.00. The molecule has 0 amide bonds. The first-order chi connectivity index (χ1) is 7.70. The van der Waals surface area contributed by atoms with E-state index in [1.807, 2.05) is 0 Å². The quantitative estimate of drug-likeness (QED) is 0.724. The Labute approximate surface area is 104 Å². The molecule has 1 aromatic heterocycles. The molecular formula is C10H11Cl2N3O. The molecule has 6 heteroatoms. The van der Waals surface area contributed by atoms with E-state index < -0.39 is 0 Å². The second-order valence-corrected chi connectivity index (χ2v) is 5.05. The molecular weight excluding hydrogens is 249 g/mol. The van der Waals surface area contributed by atoms with Crippen LogP contribution in [0, 0.1) is 5.92 Å². The summed E-state index contributed by atoms with van der Waals surface area (Å²) in [5.74, 6) is 1.19. The summed E-state index contributed by atoms with van der Waals surface area (Å²) < 4.78 is 5.63. The lowest BCUT2D eigenvalue weighted by atomic mass is 10.0. The number of nitrogens with zero attached hydrogens (tertiary/aromatic N) is 3. The highest BCUT2D eigenvalue weighted by Gasteiger charge is 2.34. The Morgan fingerprint density at radius 2 is 2.00 bits per heavy atom. The van der Waals surface area contributed by atoms with Crippen LogP contribution in [0.5, 0.6) is 0 Å². The van der Waals surface area contributed by atoms with Gasteiger partial charge < -0.3 is 9.64 Å². The van der Waals surface area contributed by atoms with E-state index >= 15 is 0 Å². The van der Waals surface area contributed by atoms with Gasteiger partial charge in [-0.3, -0.25) is 0 Å². The smallest absolute Gasteiger partial charge is 0.228 e. The van der Waals surface area contributed by atoms with Crippen LogP contribution in [0.15, 0.2) is 6.07 Å². The normalized spacial score (nSPS) is 28.5. The zero-order valence-electron chi connectivity index (χ0n) is 8.57. The summed E-state index contributed by atoms with van der Waals surface area (Å²) in [5, 5.41) is 0.766. The Hall–Kier alpha value is -0.580. The molecule has 0 N–H and O–H groups in total. The molecule has 4 nitrogen and oxygen atoms in total. The van der Waals surface area contributed by atoms with Gasteiger partial charge in [-0.1, -0.05) is 23.2 Å². The molecule has 2 unspecified atom stereocenters. The van der Waals surface area contributed by atoms with E-state index in [2.05, 4.69) is 14.9 Å². The van der Waals surface area contributed by atoms with Crippen molar-refractivity contribution in [2.45, 2.75) is 12.5 Å². The fourth-order valence-corrected chi connectivity index (χ4v) is 2.76. The van der Waals surface area contributed by atoms with Crippen molar-refractivity contribution in [3.8, 4) is 0 Å². The molecule has 0 aliphatic carbocycles. The van der Waals surface area contributed by atoms with E-state index in [9.17, 15) is 0 Å². The van der Waals surface area contributed by atoms with Gasteiger partial charge in [0, 0.05) is 25.1 Å².